The lowest BCUT2D eigenvalue weighted by Gasteiger charge is -2.29. The molecule has 0 aliphatic heterocycles. The van der Waals surface area contributed by atoms with E-state index in [0.29, 0.717) is 6.42 Å². The van der Waals surface area contributed by atoms with E-state index in [9.17, 15) is 33.9 Å². The lowest BCUT2D eigenvalue weighted by Crippen LogP contribution is -2.59. The molecule has 240 valence electrons. The van der Waals surface area contributed by atoms with Crippen LogP contribution in [0.3, 0.4) is 0 Å². The summed E-state index contributed by atoms with van der Waals surface area (Å²) in [6.45, 7) is 5.86. The lowest BCUT2D eigenvalue weighted by molar-refractivity contribution is -0.142. The first-order chi connectivity index (χ1) is 19.7. The van der Waals surface area contributed by atoms with Crippen LogP contribution in [-0.2, 0) is 28.8 Å². The van der Waals surface area contributed by atoms with E-state index in [-0.39, 0.29) is 24.0 Å². The van der Waals surface area contributed by atoms with Crippen LogP contribution in [-0.4, -0.2) is 94.3 Å². The molecule has 0 aromatic rings. The third-order valence-corrected chi connectivity index (χ3v) is 7.47. The topological polar surface area (TPSA) is 229 Å². The van der Waals surface area contributed by atoms with Crippen LogP contribution in [0.5, 0.6) is 0 Å². The number of thiol groups is 1. The predicted molar refractivity (Wildman–Crippen MR) is 158 cm³/mol. The molecule has 6 atom stereocenters. The fourth-order valence-electron chi connectivity index (χ4n) is 4.59. The molecule has 1 aliphatic carbocycles. The molecule has 0 unspecified atom stereocenters. The second kappa shape index (κ2) is 18.6. The van der Waals surface area contributed by atoms with Crippen molar-refractivity contribution in [2.45, 2.75) is 109 Å². The van der Waals surface area contributed by atoms with Crippen LogP contribution in [0.2, 0.25) is 0 Å². The summed E-state index contributed by atoms with van der Waals surface area (Å²) in [4.78, 5) is 75.2. The number of nitrogens with one attached hydrogen (secondary N) is 5. The summed E-state index contributed by atoms with van der Waals surface area (Å²) >= 11 is 4.17. The average molecular weight is 617 g/mol. The molecule has 0 aromatic heterocycles. The number of amides is 5. The molecule has 5 amide bonds. The number of hydrogen-bond acceptors (Lipinski definition) is 9. The number of aliphatic hydroxyl groups is 1. The highest BCUT2D eigenvalue weighted by Crippen LogP contribution is 2.27. The largest absolute Gasteiger partial charge is 0.480 e. The van der Waals surface area contributed by atoms with Crippen molar-refractivity contribution in [2.24, 2.45) is 17.6 Å². The Morgan fingerprint density at radius 2 is 1.21 bits per heavy atom. The molecule has 14 nitrogen and oxygen atoms in total. The Morgan fingerprint density at radius 3 is 1.71 bits per heavy atom. The van der Waals surface area contributed by atoms with Gasteiger partial charge in [0.05, 0.1) is 6.61 Å². The molecule has 1 fully saturated rings. The summed E-state index contributed by atoms with van der Waals surface area (Å²) in [6.07, 6.45) is 5.36. The monoisotopic (exact) mass is 616 g/mol. The van der Waals surface area contributed by atoms with E-state index in [1.54, 1.807) is 0 Å². The maximum absolute atomic E-state index is 13.4. The SMILES string of the molecule is CC(C)C[C@H](NC(=O)[C@H](CS)NC(=O)[C@H](CC1CCCCC1)NC(=O)[C@H](C)NC(=O)[C@H](C)NC(=O)[C@@H](N)CO)C(=O)O. The van der Waals surface area contributed by atoms with E-state index in [1.807, 2.05) is 13.8 Å². The molecule has 15 heteroatoms. The minimum absolute atomic E-state index is 0.00499. The third kappa shape index (κ3) is 12.9. The molecule has 0 radical (unpaired) electrons. The summed E-state index contributed by atoms with van der Waals surface area (Å²) in [5, 5.41) is 31.0. The Bertz CT molecular complexity index is 946. The van der Waals surface area contributed by atoms with Crippen molar-refractivity contribution in [1.29, 1.82) is 0 Å². The summed E-state index contributed by atoms with van der Waals surface area (Å²) < 4.78 is 0. The maximum Gasteiger partial charge on any atom is 0.326 e. The van der Waals surface area contributed by atoms with Gasteiger partial charge in [-0.3, -0.25) is 24.0 Å². The van der Waals surface area contributed by atoms with Crippen molar-refractivity contribution >= 4 is 48.1 Å². The van der Waals surface area contributed by atoms with Gasteiger partial charge in [-0.15, -0.1) is 0 Å². The van der Waals surface area contributed by atoms with Crippen LogP contribution in [0.4, 0.5) is 0 Å². The molecular formula is C27H48N6O8S. The Hall–Kier alpha value is -2.91. The third-order valence-electron chi connectivity index (χ3n) is 7.10. The van der Waals surface area contributed by atoms with E-state index in [0.717, 1.165) is 32.1 Å². The number of carboxylic acids is 1. The van der Waals surface area contributed by atoms with Gasteiger partial charge in [-0.2, -0.15) is 12.6 Å². The number of carbonyl (C=O) groups is 6. The van der Waals surface area contributed by atoms with Gasteiger partial charge in [0.2, 0.25) is 29.5 Å². The summed E-state index contributed by atoms with van der Waals surface area (Å²) in [5.74, 6) is -4.52. The zero-order valence-electron chi connectivity index (χ0n) is 24.9. The van der Waals surface area contributed by atoms with Crippen molar-refractivity contribution < 1.29 is 39.0 Å². The minimum atomic E-state index is -1.20. The first-order valence-corrected chi connectivity index (χ1v) is 15.0. The summed E-state index contributed by atoms with van der Waals surface area (Å²) in [5.41, 5.74) is 5.44. The molecular weight excluding hydrogens is 568 g/mol. The van der Waals surface area contributed by atoms with Crippen LogP contribution < -0.4 is 32.3 Å². The summed E-state index contributed by atoms with van der Waals surface area (Å²) in [6, 6.07) is -6.64. The average Bonchev–Trinajstić information content (AvgIpc) is 2.94. The number of rotatable bonds is 17. The molecule has 0 saturated heterocycles. The predicted octanol–water partition coefficient (Wildman–Crippen LogP) is -1.20. The van der Waals surface area contributed by atoms with Gasteiger partial charge in [-0.25, -0.2) is 4.79 Å². The van der Waals surface area contributed by atoms with Gasteiger partial charge in [-0.05, 0) is 38.5 Å². The number of aliphatic carboxylic acids is 1. The van der Waals surface area contributed by atoms with E-state index >= 15 is 0 Å². The van der Waals surface area contributed by atoms with Crippen LogP contribution in [0.1, 0.15) is 72.6 Å². The summed E-state index contributed by atoms with van der Waals surface area (Å²) in [7, 11) is 0. The van der Waals surface area contributed by atoms with Crippen molar-refractivity contribution in [3.05, 3.63) is 0 Å². The number of aliphatic hydroxyl groups excluding tert-OH is 1. The number of nitrogens with two attached hydrogens (primary N) is 1. The van der Waals surface area contributed by atoms with E-state index in [2.05, 4.69) is 39.2 Å². The molecule has 1 rings (SSSR count). The van der Waals surface area contributed by atoms with Crippen molar-refractivity contribution in [2.75, 3.05) is 12.4 Å². The zero-order valence-corrected chi connectivity index (χ0v) is 25.7. The Labute approximate surface area is 252 Å². The van der Waals surface area contributed by atoms with E-state index in [4.69, 9.17) is 10.8 Å². The maximum atomic E-state index is 13.4. The second-order valence-electron chi connectivity index (χ2n) is 11.3. The van der Waals surface area contributed by atoms with Gasteiger partial charge in [0.15, 0.2) is 0 Å². The Balaban J connectivity index is 2.94. The highest BCUT2D eigenvalue weighted by molar-refractivity contribution is 7.80. The zero-order chi connectivity index (χ0) is 32.0. The van der Waals surface area contributed by atoms with Gasteiger partial charge in [0, 0.05) is 5.75 Å². The first kappa shape index (κ1) is 37.1. The normalized spacial score (nSPS) is 18.0. The number of hydrogen-bond donors (Lipinski definition) is 9. The van der Waals surface area contributed by atoms with E-state index in [1.165, 1.54) is 13.8 Å². The van der Waals surface area contributed by atoms with Crippen molar-refractivity contribution in [1.82, 2.24) is 26.6 Å². The molecule has 1 aliphatic rings. The molecule has 1 saturated carbocycles. The molecule has 0 aromatic carbocycles. The van der Waals surface area contributed by atoms with Crippen LogP contribution in [0, 0.1) is 11.8 Å². The lowest BCUT2D eigenvalue weighted by atomic mass is 9.84. The molecule has 9 N–H and O–H groups in total. The van der Waals surface area contributed by atoms with Gasteiger partial charge < -0.3 is 42.5 Å². The Kier molecular flexibility index (Phi) is 16.4. The fourth-order valence-corrected chi connectivity index (χ4v) is 4.85. The first-order valence-electron chi connectivity index (χ1n) is 14.4. The molecule has 42 heavy (non-hydrogen) atoms. The molecule has 0 bridgehead atoms. The van der Waals surface area contributed by atoms with Gasteiger partial charge >= 0.3 is 5.97 Å². The quantitative estimate of drug-likeness (QED) is 0.0893. The number of carboxylic acid groups (broad SMARTS) is 1. The van der Waals surface area contributed by atoms with Crippen LogP contribution >= 0.6 is 12.6 Å². The Morgan fingerprint density at radius 1 is 0.738 bits per heavy atom. The number of carbonyl (C=O) groups excluding carboxylic acids is 5. The molecule has 0 spiro atoms. The standard InChI is InChI=1S/C27H48N6O8S/c1-14(2)10-20(27(40)41)32-26(39)21(13-42)33-25(38)19(11-17-8-6-5-7-9-17)31-23(36)16(4)29-22(35)15(3)30-24(37)18(28)12-34/h14-21,34,42H,5-13,28H2,1-4H3,(H,29,35)(H,30,37)(H,31,36)(H,32,39)(H,33,38)(H,40,41)/t15-,16-,18-,19-,20-,21-/m0/s1. The van der Waals surface area contributed by atoms with Crippen LogP contribution in [0.25, 0.3) is 0 Å². The van der Waals surface area contributed by atoms with Crippen molar-refractivity contribution in [3.63, 3.8) is 0 Å². The van der Waals surface area contributed by atoms with Crippen LogP contribution in [0.15, 0.2) is 0 Å². The second-order valence-corrected chi connectivity index (χ2v) is 11.7. The van der Waals surface area contributed by atoms with Gasteiger partial charge in [-0.1, -0.05) is 46.0 Å². The van der Waals surface area contributed by atoms with Gasteiger partial charge in [0.25, 0.3) is 0 Å². The minimum Gasteiger partial charge on any atom is -0.480 e. The van der Waals surface area contributed by atoms with Gasteiger partial charge in [0.1, 0.15) is 36.3 Å². The molecule has 0 heterocycles. The highest BCUT2D eigenvalue weighted by Gasteiger charge is 2.32. The van der Waals surface area contributed by atoms with E-state index < -0.39 is 78.4 Å². The van der Waals surface area contributed by atoms with Crippen molar-refractivity contribution in [3.8, 4) is 0 Å². The highest BCUT2D eigenvalue weighted by atomic mass is 32.1. The smallest absolute Gasteiger partial charge is 0.326 e. The fraction of sp³-hybridized carbons (Fsp3) is 0.778.